The highest BCUT2D eigenvalue weighted by molar-refractivity contribution is 5.90. The van der Waals surface area contributed by atoms with E-state index in [-0.39, 0.29) is 159 Å². The van der Waals surface area contributed by atoms with Crippen molar-refractivity contribution in [3.05, 3.63) is 29.8 Å². The summed E-state index contributed by atoms with van der Waals surface area (Å²) in [5.41, 5.74) is 0.0953. The van der Waals surface area contributed by atoms with Crippen molar-refractivity contribution in [1.29, 1.82) is 0 Å². The minimum atomic E-state index is -1.27. The highest BCUT2D eigenvalue weighted by Gasteiger charge is 2.25. The second-order valence-electron chi connectivity index (χ2n) is 13.8. The zero-order valence-electron chi connectivity index (χ0n) is 34.8. The number of Topliss-reactive ketones (excluding diaryl/α,β-unsaturated/α-hetero) is 3. The quantitative estimate of drug-likeness (QED) is 0.0514. The summed E-state index contributed by atoms with van der Waals surface area (Å²) in [7, 11) is 0. The Kier molecular flexibility index (Phi) is 29.4. The fourth-order valence-corrected chi connectivity index (χ4v) is 5.30. The van der Waals surface area contributed by atoms with Gasteiger partial charge in [0.05, 0.1) is 57.2 Å². The van der Waals surface area contributed by atoms with Crippen LogP contribution in [-0.4, -0.2) is 147 Å². The summed E-state index contributed by atoms with van der Waals surface area (Å²) < 4.78 is 26.8. The Morgan fingerprint density at radius 2 is 1.23 bits per heavy atom. The summed E-state index contributed by atoms with van der Waals surface area (Å²) in [6.45, 7) is 3.54. The van der Waals surface area contributed by atoms with E-state index in [1.54, 1.807) is 0 Å². The van der Waals surface area contributed by atoms with Crippen LogP contribution in [0, 0.1) is 5.92 Å². The number of amides is 3. The van der Waals surface area contributed by atoms with Gasteiger partial charge in [-0.3, -0.25) is 38.4 Å². The molecule has 0 aliphatic carbocycles. The van der Waals surface area contributed by atoms with Gasteiger partial charge in [0.15, 0.2) is 11.6 Å². The molecule has 1 aromatic carbocycles. The largest absolute Gasteiger partial charge is 0.494 e. The van der Waals surface area contributed by atoms with E-state index >= 15 is 0 Å². The van der Waals surface area contributed by atoms with Gasteiger partial charge in [0.2, 0.25) is 17.7 Å². The summed E-state index contributed by atoms with van der Waals surface area (Å²) in [6, 6.07) is 4.60. The molecule has 0 saturated heterocycles. The van der Waals surface area contributed by atoms with Crippen molar-refractivity contribution in [1.82, 2.24) is 16.0 Å². The van der Waals surface area contributed by atoms with Crippen molar-refractivity contribution in [2.75, 3.05) is 72.6 Å². The van der Waals surface area contributed by atoms with Crippen molar-refractivity contribution >= 4 is 53.0 Å². The Hall–Kier alpha value is -5.31. The predicted molar refractivity (Wildman–Crippen MR) is 215 cm³/mol. The van der Waals surface area contributed by atoms with Gasteiger partial charge in [-0.1, -0.05) is 6.92 Å². The van der Waals surface area contributed by atoms with Crippen LogP contribution in [0.3, 0.4) is 0 Å². The van der Waals surface area contributed by atoms with Crippen molar-refractivity contribution < 1.29 is 82.2 Å². The van der Waals surface area contributed by atoms with Gasteiger partial charge in [0.1, 0.15) is 24.7 Å². The number of aliphatic carboxylic acids is 2. The third-order valence-corrected chi connectivity index (χ3v) is 8.61. The maximum Gasteiger partial charge on any atom is 0.335 e. The monoisotopic (exact) mass is 867 g/mol. The molecular formula is C41H61N3O17. The van der Waals surface area contributed by atoms with Crippen LogP contribution in [0.15, 0.2) is 24.3 Å². The molecule has 1 aromatic rings. The average molecular weight is 868 g/mol. The Morgan fingerprint density at radius 1 is 0.590 bits per heavy atom. The number of ether oxygens (including phenoxy) is 5. The second kappa shape index (κ2) is 33.4. The molecule has 342 valence electrons. The molecule has 0 aliphatic heterocycles. The zero-order chi connectivity index (χ0) is 45.3. The molecule has 0 aliphatic rings. The molecule has 0 radical (unpaired) electrons. The van der Waals surface area contributed by atoms with Crippen LogP contribution in [0.1, 0.15) is 94.3 Å². The van der Waals surface area contributed by atoms with Gasteiger partial charge in [-0.25, -0.2) is 4.79 Å². The summed E-state index contributed by atoms with van der Waals surface area (Å²) in [6.07, 6.45) is 0.194. The number of nitrogens with one attached hydrogen (secondary N) is 3. The third kappa shape index (κ3) is 28.7. The molecule has 20 heteroatoms. The van der Waals surface area contributed by atoms with E-state index in [1.165, 1.54) is 24.3 Å². The lowest BCUT2D eigenvalue weighted by atomic mass is 9.95. The summed E-state index contributed by atoms with van der Waals surface area (Å²) in [5.74, 6) is -6.41. The average Bonchev–Trinajstić information content (AvgIpc) is 3.22. The number of carboxylic acids is 3. The molecule has 61 heavy (non-hydrogen) atoms. The lowest BCUT2D eigenvalue weighted by Gasteiger charge is -2.18. The lowest BCUT2D eigenvalue weighted by Crippen LogP contribution is -2.41. The molecule has 0 bridgehead atoms. The third-order valence-electron chi connectivity index (χ3n) is 8.61. The van der Waals surface area contributed by atoms with Crippen molar-refractivity contribution in [3.63, 3.8) is 0 Å². The van der Waals surface area contributed by atoms with Crippen LogP contribution in [0.25, 0.3) is 0 Å². The summed E-state index contributed by atoms with van der Waals surface area (Å²) in [4.78, 5) is 107. The Morgan fingerprint density at radius 3 is 1.89 bits per heavy atom. The van der Waals surface area contributed by atoms with Crippen LogP contribution in [0.2, 0.25) is 0 Å². The predicted octanol–water partition coefficient (Wildman–Crippen LogP) is 1.74. The highest BCUT2D eigenvalue weighted by atomic mass is 16.5. The standard InChI is InChI=1S/C41H61N3O17/c1-2-17-42-36(48)15-10-32(46)27-59-24-23-58-21-18-43-38(50)28-60-25-22-57-19-4-6-35(47)34(13-16-39(51)52)44-37(49)14-9-30(41(55)56)26-31(45)5-3-20-61-33-11-7-29(8-12-33)40(53)54/h7-8,11-12,30,34H,2-6,9-10,13-28H2,1H3,(H,42,48)(H,43,50)(H,44,49)(H,51,52)(H,53,54)(H,55,56). The van der Waals surface area contributed by atoms with Gasteiger partial charge >= 0.3 is 17.9 Å². The van der Waals surface area contributed by atoms with E-state index in [9.17, 15) is 48.3 Å². The van der Waals surface area contributed by atoms with E-state index in [0.717, 1.165) is 6.42 Å². The number of carbonyl (C=O) groups is 9. The minimum Gasteiger partial charge on any atom is -0.494 e. The first kappa shape index (κ1) is 53.7. The number of benzene rings is 1. The Bertz CT molecular complexity index is 1540. The summed E-state index contributed by atoms with van der Waals surface area (Å²) in [5, 5.41) is 35.5. The van der Waals surface area contributed by atoms with Gasteiger partial charge in [0, 0.05) is 64.6 Å². The normalized spacial score (nSPS) is 11.8. The number of hydrogen-bond donors (Lipinski definition) is 6. The molecule has 0 spiro atoms. The Balaban J connectivity index is 2.22. The Labute approximate surface area is 354 Å². The maximum atomic E-state index is 12.9. The van der Waals surface area contributed by atoms with Crippen molar-refractivity contribution in [2.24, 2.45) is 5.92 Å². The van der Waals surface area contributed by atoms with Gasteiger partial charge in [0.25, 0.3) is 0 Å². The topological polar surface area (TPSA) is 297 Å². The molecule has 3 amide bonds. The first-order chi connectivity index (χ1) is 29.2. The van der Waals surface area contributed by atoms with Crippen LogP contribution in [0.5, 0.6) is 5.75 Å². The van der Waals surface area contributed by atoms with Crippen LogP contribution < -0.4 is 20.7 Å². The number of aromatic carboxylic acids is 1. The molecule has 0 heterocycles. The van der Waals surface area contributed by atoms with Crippen LogP contribution in [0.4, 0.5) is 0 Å². The molecule has 2 unspecified atom stereocenters. The number of carboxylic acid groups (broad SMARTS) is 3. The molecule has 0 fully saturated rings. The second-order valence-corrected chi connectivity index (χ2v) is 13.8. The molecule has 20 nitrogen and oxygen atoms in total. The number of rotatable bonds is 39. The van der Waals surface area contributed by atoms with E-state index in [0.29, 0.717) is 12.3 Å². The lowest BCUT2D eigenvalue weighted by molar-refractivity contribution is -0.144. The molecule has 0 aromatic heterocycles. The summed E-state index contributed by atoms with van der Waals surface area (Å²) >= 11 is 0. The molecule has 0 saturated carbocycles. The minimum absolute atomic E-state index is 0.0241. The molecular weight excluding hydrogens is 806 g/mol. The highest BCUT2D eigenvalue weighted by Crippen LogP contribution is 2.16. The van der Waals surface area contributed by atoms with Gasteiger partial charge < -0.3 is 55.0 Å². The van der Waals surface area contributed by atoms with E-state index in [2.05, 4.69) is 16.0 Å². The number of hydrogen-bond acceptors (Lipinski definition) is 14. The first-order valence-electron chi connectivity index (χ1n) is 20.3. The number of ketones is 3. The maximum absolute atomic E-state index is 12.9. The zero-order valence-corrected chi connectivity index (χ0v) is 34.8. The van der Waals surface area contributed by atoms with Gasteiger partial charge in [-0.05, 0) is 56.4 Å². The molecule has 2 atom stereocenters. The van der Waals surface area contributed by atoms with Crippen molar-refractivity contribution in [3.8, 4) is 5.75 Å². The molecule has 1 rings (SSSR count). The van der Waals surface area contributed by atoms with E-state index < -0.39 is 48.0 Å². The van der Waals surface area contributed by atoms with Gasteiger partial charge in [-0.2, -0.15) is 0 Å². The fourth-order valence-electron chi connectivity index (χ4n) is 5.30. The van der Waals surface area contributed by atoms with Gasteiger partial charge in [-0.15, -0.1) is 0 Å². The van der Waals surface area contributed by atoms with Crippen LogP contribution in [-0.2, 0) is 57.3 Å². The van der Waals surface area contributed by atoms with E-state index in [4.69, 9.17) is 33.9 Å². The van der Waals surface area contributed by atoms with E-state index in [1.807, 2.05) is 6.92 Å². The van der Waals surface area contributed by atoms with Crippen molar-refractivity contribution in [2.45, 2.75) is 90.0 Å². The molecule has 6 N–H and O–H groups in total. The number of carbonyl (C=O) groups excluding carboxylic acids is 6. The SMILES string of the molecule is CCCNC(=O)CCC(=O)COCCOCCNC(=O)COCCOCCCC(=O)C(CCC(=O)O)NC(=O)CCC(CC(=O)CCCOc1ccc(C(=O)O)cc1)C(=O)O. The first-order valence-corrected chi connectivity index (χ1v) is 20.3. The fraction of sp³-hybridized carbons (Fsp3) is 0.634. The van der Waals surface area contributed by atoms with Crippen LogP contribution >= 0.6 is 0 Å². The smallest absolute Gasteiger partial charge is 0.335 e.